The zero-order valence-corrected chi connectivity index (χ0v) is 29.2. The molecule has 2 aliphatic heterocycles. The lowest BCUT2D eigenvalue weighted by Gasteiger charge is -2.20. The highest BCUT2D eigenvalue weighted by molar-refractivity contribution is 6.01. The fourth-order valence-corrected chi connectivity index (χ4v) is 5.12. The number of benzene rings is 1. The summed E-state index contributed by atoms with van der Waals surface area (Å²) in [7, 11) is 4.78. The van der Waals surface area contributed by atoms with Gasteiger partial charge >= 0.3 is 0 Å². The molecule has 0 aliphatic carbocycles. The summed E-state index contributed by atoms with van der Waals surface area (Å²) >= 11 is 0. The van der Waals surface area contributed by atoms with Gasteiger partial charge in [-0.05, 0) is 58.3 Å². The summed E-state index contributed by atoms with van der Waals surface area (Å²) in [6.45, 7) is 16.6. The number of hydrogen-bond donors (Lipinski definition) is 0. The van der Waals surface area contributed by atoms with E-state index < -0.39 is 0 Å². The number of carbonyl (C=O) groups excluding carboxylic acids is 2. The van der Waals surface area contributed by atoms with Gasteiger partial charge in [-0.2, -0.15) is 0 Å². The Bertz CT molecular complexity index is 1590. The van der Waals surface area contributed by atoms with E-state index in [0.717, 1.165) is 11.1 Å². The molecule has 48 heavy (non-hydrogen) atoms. The first-order valence-electron chi connectivity index (χ1n) is 16.0. The number of rotatable bonds is 17. The third kappa shape index (κ3) is 9.70. The van der Waals surface area contributed by atoms with E-state index in [1.54, 1.807) is 61.3 Å². The third-order valence-corrected chi connectivity index (χ3v) is 7.67. The second-order valence-electron chi connectivity index (χ2n) is 11.2. The van der Waals surface area contributed by atoms with Crippen molar-refractivity contribution in [2.45, 2.75) is 53.0 Å². The Balaban J connectivity index is 1.63. The van der Waals surface area contributed by atoms with Crippen LogP contribution in [-0.2, 0) is 14.3 Å². The van der Waals surface area contributed by atoms with Crippen LogP contribution in [0.4, 0.5) is 5.69 Å². The number of aliphatic imine (C=N–C) groups is 2. The molecule has 1 aromatic carbocycles. The second-order valence-corrected chi connectivity index (χ2v) is 11.2. The maximum atomic E-state index is 13.5. The van der Waals surface area contributed by atoms with E-state index in [1.165, 1.54) is 14.2 Å². The predicted molar refractivity (Wildman–Crippen MR) is 192 cm³/mol. The van der Waals surface area contributed by atoms with E-state index in [2.05, 4.69) is 23.1 Å². The van der Waals surface area contributed by atoms with Gasteiger partial charge < -0.3 is 28.7 Å². The molecule has 256 valence electrons. The Hall–Kier alpha value is -5.12. The van der Waals surface area contributed by atoms with Gasteiger partial charge in [0.25, 0.3) is 11.8 Å². The average Bonchev–Trinajstić information content (AvgIpc) is 3.44. The van der Waals surface area contributed by atoms with E-state index in [0.29, 0.717) is 72.2 Å². The predicted octanol–water partition coefficient (Wildman–Crippen LogP) is 7.26. The fourth-order valence-electron chi connectivity index (χ4n) is 5.12. The Morgan fingerprint density at radius 1 is 1.15 bits per heavy atom. The van der Waals surface area contributed by atoms with Crippen molar-refractivity contribution in [3.05, 3.63) is 101 Å². The van der Waals surface area contributed by atoms with Crippen molar-refractivity contribution in [3.63, 3.8) is 0 Å². The lowest BCUT2D eigenvalue weighted by Crippen LogP contribution is -2.33. The van der Waals surface area contributed by atoms with Crippen molar-refractivity contribution in [1.29, 1.82) is 0 Å². The van der Waals surface area contributed by atoms with E-state index in [9.17, 15) is 9.59 Å². The van der Waals surface area contributed by atoms with Gasteiger partial charge in [-0.15, -0.1) is 0 Å². The highest BCUT2D eigenvalue weighted by Gasteiger charge is 2.32. The number of methoxy groups -OCH3 is 2. The molecule has 2 aliphatic rings. The van der Waals surface area contributed by atoms with Crippen molar-refractivity contribution < 1.29 is 28.5 Å². The zero-order valence-electron chi connectivity index (χ0n) is 29.2. The van der Waals surface area contributed by atoms with Gasteiger partial charge in [0.2, 0.25) is 0 Å². The minimum Gasteiger partial charge on any atom is -0.493 e. The smallest absolute Gasteiger partial charge is 0.260 e. The van der Waals surface area contributed by atoms with Crippen molar-refractivity contribution >= 4 is 29.9 Å². The van der Waals surface area contributed by atoms with E-state index in [1.807, 2.05) is 44.4 Å². The Labute approximate surface area is 284 Å². The van der Waals surface area contributed by atoms with E-state index >= 15 is 0 Å². The molecule has 0 spiro atoms. The molecule has 1 aromatic rings. The fraction of sp³-hybridized carbons (Fsp3) is 0.368. The number of amides is 2. The minimum atomic E-state index is -0.180. The second kappa shape index (κ2) is 18.3. The number of nitrogens with zero attached hydrogens (tertiary/aromatic N) is 4. The molecule has 0 saturated heterocycles. The average molecular weight is 657 g/mol. The van der Waals surface area contributed by atoms with Crippen LogP contribution in [0.25, 0.3) is 0 Å². The zero-order chi connectivity index (χ0) is 35.2. The third-order valence-electron chi connectivity index (χ3n) is 7.67. The van der Waals surface area contributed by atoms with Crippen molar-refractivity contribution in [1.82, 2.24) is 9.80 Å². The molecule has 1 atom stereocenters. The Morgan fingerprint density at radius 2 is 1.92 bits per heavy atom. The highest BCUT2D eigenvalue weighted by atomic mass is 16.5. The van der Waals surface area contributed by atoms with Crippen LogP contribution in [0, 0.1) is 0 Å². The molecular weight excluding hydrogens is 608 g/mol. The molecule has 2 amide bonds. The molecule has 0 bridgehead atoms. The monoisotopic (exact) mass is 656 g/mol. The van der Waals surface area contributed by atoms with Gasteiger partial charge in [0.15, 0.2) is 23.0 Å². The first-order chi connectivity index (χ1) is 23.1. The number of carbonyl (C=O) groups is 2. The van der Waals surface area contributed by atoms with Gasteiger partial charge in [-0.25, -0.2) is 0 Å². The van der Waals surface area contributed by atoms with Crippen LogP contribution in [0.5, 0.6) is 11.5 Å². The Kier molecular flexibility index (Phi) is 14.2. The van der Waals surface area contributed by atoms with Crippen molar-refractivity contribution in [3.8, 4) is 11.5 Å². The highest BCUT2D eigenvalue weighted by Crippen LogP contribution is 2.36. The van der Waals surface area contributed by atoms with Crippen LogP contribution < -0.4 is 9.47 Å². The first kappa shape index (κ1) is 37.3. The topological polar surface area (TPSA) is 102 Å². The minimum absolute atomic E-state index is 0.129. The van der Waals surface area contributed by atoms with Crippen molar-refractivity contribution in [2.75, 3.05) is 41.0 Å². The molecule has 0 aromatic heterocycles. The molecule has 10 heteroatoms. The van der Waals surface area contributed by atoms with Crippen LogP contribution in [0.2, 0.25) is 0 Å². The van der Waals surface area contributed by atoms with Crippen LogP contribution in [0.3, 0.4) is 0 Å². The van der Waals surface area contributed by atoms with Gasteiger partial charge in [0.05, 0.1) is 50.3 Å². The van der Waals surface area contributed by atoms with Crippen molar-refractivity contribution in [2.24, 2.45) is 9.98 Å². The molecule has 3 rings (SSSR count). The lowest BCUT2D eigenvalue weighted by atomic mass is 10.1. The molecule has 10 nitrogen and oxygen atoms in total. The van der Waals surface area contributed by atoms with E-state index in [4.69, 9.17) is 18.9 Å². The summed E-state index contributed by atoms with van der Waals surface area (Å²) in [4.78, 5) is 39.1. The number of hydrogen-bond acceptors (Lipinski definition) is 8. The molecular formula is C38H48N4O6. The van der Waals surface area contributed by atoms with Gasteiger partial charge in [-0.3, -0.25) is 19.6 Å². The number of fused-ring (bicyclic) bond motifs is 1. The normalized spacial score (nSPS) is 16.4. The van der Waals surface area contributed by atoms with Gasteiger partial charge in [0, 0.05) is 50.4 Å². The van der Waals surface area contributed by atoms with Crippen LogP contribution >= 0.6 is 0 Å². The molecule has 0 radical (unpaired) electrons. The lowest BCUT2D eigenvalue weighted by molar-refractivity contribution is -0.124. The van der Waals surface area contributed by atoms with Crippen LogP contribution in [-0.4, -0.2) is 81.1 Å². The molecule has 0 fully saturated rings. The van der Waals surface area contributed by atoms with Crippen LogP contribution in [0.15, 0.2) is 106 Å². The van der Waals surface area contributed by atoms with E-state index in [-0.39, 0.29) is 30.2 Å². The van der Waals surface area contributed by atoms with Gasteiger partial charge in [-0.1, -0.05) is 43.0 Å². The Morgan fingerprint density at radius 3 is 2.58 bits per heavy atom. The molecule has 0 saturated carbocycles. The summed E-state index contributed by atoms with van der Waals surface area (Å²) in [5, 5.41) is 0. The van der Waals surface area contributed by atoms with Crippen LogP contribution in [0.1, 0.15) is 57.3 Å². The summed E-state index contributed by atoms with van der Waals surface area (Å²) in [6, 6.07) is 3.23. The summed E-state index contributed by atoms with van der Waals surface area (Å²) in [6.07, 6.45) is 16.6. The summed E-state index contributed by atoms with van der Waals surface area (Å²) in [5.41, 5.74) is 3.89. The summed E-state index contributed by atoms with van der Waals surface area (Å²) in [5.74, 6) is 1.13. The first-order valence-corrected chi connectivity index (χ1v) is 16.0. The standard InChI is InChI=1S/C38H48N4O6/c1-10-14-26(4)16-17-41(7)37(43)32-22-35(46-9)36(23-33(32)39-12-3)48-19-13-18-47-28(6)34(45-8)21-31-27(5)40-24-30-20-29(15-11-2)25-42(30)38(31)44/h10-12,14-15,21-25,30H,4,6,13,16-20H2,1-3,5,7-9H3/b14-10+,15-11+,34-21+,39-12?. The number of ether oxygens (including phenoxy) is 4. The molecule has 2 heterocycles. The quantitative estimate of drug-likeness (QED) is 0.0757. The van der Waals surface area contributed by atoms with Gasteiger partial charge in [0.1, 0.15) is 0 Å². The maximum absolute atomic E-state index is 13.5. The largest absolute Gasteiger partial charge is 0.493 e. The maximum Gasteiger partial charge on any atom is 0.260 e. The summed E-state index contributed by atoms with van der Waals surface area (Å²) < 4.78 is 23.0. The number of allylic oxidation sites excluding steroid dienone is 5. The SMILES string of the molecule is C=C(/C=C/C)CCN(C)C(=O)c1cc(OC)c(OCCCOC(=C)/C(=C\C2=C(C)N=CC3CC(/C=C/C)=CN3C2=O)OC)cc1N=CC. The molecule has 0 N–H and O–H groups in total. The molecule has 1 unspecified atom stereocenters.